The summed E-state index contributed by atoms with van der Waals surface area (Å²) >= 11 is 0. The summed E-state index contributed by atoms with van der Waals surface area (Å²) in [5, 5.41) is 19.4. The Morgan fingerprint density at radius 3 is 2.82 bits per heavy atom. The second-order valence-corrected chi connectivity index (χ2v) is 4.87. The fourth-order valence-electron chi connectivity index (χ4n) is 2.35. The zero-order valence-corrected chi connectivity index (χ0v) is 11.2. The predicted molar refractivity (Wildman–Crippen MR) is 81.3 cm³/mol. The molecule has 2 aromatic heterocycles. The molecule has 1 N–H and O–H groups in total. The van der Waals surface area contributed by atoms with Crippen LogP contribution in [0.2, 0.25) is 0 Å². The second kappa shape index (κ2) is 4.59. The van der Waals surface area contributed by atoms with Crippen molar-refractivity contribution in [3.8, 4) is 11.4 Å². The van der Waals surface area contributed by atoms with E-state index >= 15 is 0 Å². The molecule has 0 unspecified atom stereocenters. The maximum absolute atomic E-state index is 10.9. The summed E-state index contributed by atoms with van der Waals surface area (Å²) in [5.41, 5.74) is 2.33. The van der Waals surface area contributed by atoms with Gasteiger partial charge in [0.25, 0.3) is 5.69 Å². The van der Waals surface area contributed by atoms with E-state index in [1.54, 1.807) is 18.5 Å². The van der Waals surface area contributed by atoms with Gasteiger partial charge in [-0.05, 0) is 24.3 Å². The highest BCUT2D eigenvalue weighted by molar-refractivity contribution is 5.85. The van der Waals surface area contributed by atoms with Crippen molar-refractivity contribution in [2.75, 3.05) is 0 Å². The molecule has 22 heavy (non-hydrogen) atoms. The van der Waals surface area contributed by atoms with Gasteiger partial charge in [-0.2, -0.15) is 5.10 Å². The van der Waals surface area contributed by atoms with E-state index < -0.39 is 4.92 Å². The number of nitrogens with one attached hydrogen (secondary N) is 1. The molecule has 2 aromatic carbocycles. The minimum atomic E-state index is -0.432. The van der Waals surface area contributed by atoms with Crippen LogP contribution in [0.25, 0.3) is 33.2 Å². The van der Waals surface area contributed by atoms with Crippen LogP contribution in [-0.4, -0.2) is 25.1 Å². The van der Waals surface area contributed by atoms with Crippen molar-refractivity contribution in [1.29, 1.82) is 0 Å². The quantitative estimate of drug-likeness (QED) is 0.452. The molecular weight excluding hydrogens is 282 g/mol. The Labute approximate surface area is 123 Å². The molecule has 0 aliphatic heterocycles. The monoisotopic (exact) mass is 291 g/mol. The van der Waals surface area contributed by atoms with Gasteiger partial charge in [0.15, 0.2) is 5.82 Å². The van der Waals surface area contributed by atoms with E-state index in [1.807, 2.05) is 18.2 Å². The lowest BCUT2D eigenvalue weighted by atomic mass is 10.1. The normalized spacial score (nSPS) is 11.1. The molecule has 0 spiro atoms. The highest BCUT2D eigenvalue weighted by atomic mass is 16.6. The molecule has 7 heteroatoms. The first kappa shape index (κ1) is 12.4. The summed E-state index contributed by atoms with van der Waals surface area (Å²) in [7, 11) is 0. The molecule has 2 heterocycles. The zero-order chi connectivity index (χ0) is 15.1. The van der Waals surface area contributed by atoms with Crippen LogP contribution in [0.15, 0.2) is 48.8 Å². The number of nitrogens with zero attached hydrogens (tertiary/aromatic N) is 4. The number of rotatable bonds is 2. The number of aromatic amines is 1. The summed E-state index contributed by atoms with van der Waals surface area (Å²) < 4.78 is 0. The predicted octanol–water partition coefficient (Wildman–Crippen LogP) is 3.08. The lowest BCUT2D eigenvalue weighted by molar-refractivity contribution is -0.384. The molecule has 0 aliphatic rings. The van der Waals surface area contributed by atoms with E-state index in [4.69, 9.17) is 0 Å². The van der Waals surface area contributed by atoms with Gasteiger partial charge in [-0.3, -0.25) is 15.2 Å². The van der Waals surface area contributed by atoms with E-state index in [0.717, 1.165) is 21.9 Å². The molecule has 0 atom stereocenters. The maximum Gasteiger partial charge on any atom is 0.271 e. The Kier molecular flexibility index (Phi) is 2.59. The molecule has 106 valence electrons. The van der Waals surface area contributed by atoms with Crippen LogP contribution in [0.1, 0.15) is 0 Å². The van der Waals surface area contributed by atoms with Crippen molar-refractivity contribution >= 4 is 27.5 Å². The average Bonchev–Trinajstić information content (AvgIpc) is 3.01. The number of nitro groups is 1. The number of hydrogen-bond acceptors (Lipinski definition) is 5. The highest BCUT2D eigenvalue weighted by Gasteiger charge is 2.09. The van der Waals surface area contributed by atoms with Gasteiger partial charge in [-0.15, -0.1) is 0 Å². The van der Waals surface area contributed by atoms with Gasteiger partial charge < -0.3 is 0 Å². The van der Waals surface area contributed by atoms with Crippen molar-refractivity contribution in [2.45, 2.75) is 0 Å². The Balaban J connectivity index is 1.88. The number of benzene rings is 2. The summed E-state index contributed by atoms with van der Waals surface area (Å²) in [6.07, 6.45) is 3.39. The van der Waals surface area contributed by atoms with Gasteiger partial charge in [0.05, 0.1) is 22.2 Å². The van der Waals surface area contributed by atoms with E-state index in [9.17, 15) is 10.1 Å². The first-order chi connectivity index (χ1) is 10.7. The van der Waals surface area contributed by atoms with E-state index in [1.165, 1.54) is 12.1 Å². The third kappa shape index (κ3) is 1.96. The van der Waals surface area contributed by atoms with Gasteiger partial charge >= 0.3 is 0 Å². The second-order valence-electron chi connectivity index (χ2n) is 4.87. The molecule has 0 aliphatic carbocycles. The van der Waals surface area contributed by atoms with Crippen LogP contribution in [0, 0.1) is 10.1 Å². The SMILES string of the molecule is O=[N+]([O-])c1ccc2cnc(-c3ccc4[nH]ncc4c3)nc2c1. The van der Waals surface area contributed by atoms with Gasteiger partial charge in [0, 0.05) is 34.7 Å². The van der Waals surface area contributed by atoms with Crippen LogP contribution in [0.5, 0.6) is 0 Å². The van der Waals surface area contributed by atoms with E-state index in [-0.39, 0.29) is 5.69 Å². The zero-order valence-electron chi connectivity index (χ0n) is 11.2. The number of fused-ring (bicyclic) bond motifs is 2. The molecule has 4 aromatic rings. The Bertz CT molecular complexity index is 1020. The standard InChI is InChI=1S/C15H9N5O2/c21-20(22)12-3-1-10-7-16-15(18-14(10)6-12)9-2-4-13-11(5-9)8-17-19-13/h1-8H,(H,17,19). The topological polar surface area (TPSA) is 97.6 Å². The minimum absolute atomic E-state index is 0.0161. The van der Waals surface area contributed by atoms with Gasteiger partial charge in [-0.1, -0.05) is 0 Å². The first-order valence-corrected chi connectivity index (χ1v) is 6.55. The van der Waals surface area contributed by atoms with Crippen molar-refractivity contribution in [3.05, 3.63) is 58.9 Å². The van der Waals surface area contributed by atoms with Crippen LogP contribution in [-0.2, 0) is 0 Å². The minimum Gasteiger partial charge on any atom is -0.278 e. The van der Waals surface area contributed by atoms with Crippen LogP contribution in [0.3, 0.4) is 0 Å². The largest absolute Gasteiger partial charge is 0.278 e. The Morgan fingerprint density at radius 2 is 1.95 bits per heavy atom. The van der Waals surface area contributed by atoms with Crippen LogP contribution >= 0.6 is 0 Å². The van der Waals surface area contributed by atoms with Gasteiger partial charge in [-0.25, -0.2) is 9.97 Å². The van der Waals surface area contributed by atoms with Crippen molar-refractivity contribution in [2.24, 2.45) is 0 Å². The lowest BCUT2D eigenvalue weighted by Gasteiger charge is -2.02. The first-order valence-electron chi connectivity index (χ1n) is 6.55. The van der Waals surface area contributed by atoms with Crippen LogP contribution in [0.4, 0.5) is 5.69 Å². The summed E-state index contributed by atoms with van der Waals surface area (Å²) in [6.45, 7) is 0. The third-order valence-corrected chi connectivity index (χ3v) is 3.48. The molecule has 7 nitrogen and oxygen atoms in total. The Morgan fingerprint density at radius 1 is 1.05 bits per heavy atom. The van der Waals surface area contributed by atoms with Crippen molar-refractivity contribution in [1.82, 2.24) is 20.2 Å². The summed E-state index contributed by atoms with van der Waals surface area (Å²) in [6, 6.07) is 10.3. The number of nitro benzene ring substituents is 1. The van der Waals surface area contributed by atoms with E-state index in [2.05, 4.69) is 20.2 Å². The number of aromatic nitrogens is 4. The molecule has 0 fully saturated rings. The maximum atomic E-state index is 10.9. The van der Waals surface area contributed by atoms with E-state index in [0.29, 0.717) is 11.3 Å². The average molecular weight is 291 g/mol. The molecule has 0 saturated heterocycles. The smallest absolute Gasteiger partial charge is 0.271 e. The third-order valence-electron chi connectivity index (χ3n) is 3.48. The lowest BCUT2D eigenvalue weighted by Crippen LogP contribution is -1.92. The molecular formula is C15H9N5O2. The number of hydrogen-bond donors (Lipinski definition) is 1. The number of H-pyrrole nitrogens is 1. The van der Waals surface area contributed by atoms with Gasteiger partial charge in [0.1, 0.15) is 0 Å². The Hall–Kier alpha value is -3.35. The fourth-order valence-corrected chi connectivity index (χ4v) is 2.35. The van der Waals surface area contributed by atoms with Crippen molar-refractivity contribution < 1.29 is 4.92 Å². The summed E-state index contributed by atoms with van der Waals surface area (Å²) in [4.78, 5) is 19.2. The molecule has 0 saturated carbocycles. The molecule has 0 bridgehead atoms. The molecule has 4 rings (SSSR count). The van der Waals surface area contributed by atoms with Crippen LogP contribution < -0.4 is 0 Å². The highest BCUT2D eigenvalue weighted by Crippen LogP contribution is 2.24. The van der Waals surface area contributed by atoms with Gasteiger partial charge in [0.2, 0.25) is 0 Å². The summed E-state index contributed by atoms with van der Waals surface area (Å²) in [5.74, 6) is 0.524. The molecule has 0 amide bonds. The number of non-ortho nitro benzene ring substituents is 1. The molecule has 0 radical (unpaired) electrons. The van der Waals surface area contributed by atoms with Crippen molar-refractivity contribution in [3.63, 3.8) is 0 Å². The fraction of sp³-hybridized carbons (Fsp3) is 0.